The summed E-state index contributed by atoms with van der Waals surface area (Å²) in [7, 11) is -3.59. The van der Waals surface area contributed by atoms with Crippen LogP contribution in [0.3, 0.4) is 0 Å². The summed E-state index contributed by atoms with van der Waals surface area (Å²) in [5.74, 6) is 0.000791. The van der Waals surface area contributed by atoms with E-state index in [-0.39, 0.29) is 17.4 Å². The van der Waals surface area contributed by atoms with Crippen LogP contribution in [0.15, 0.2) is 23.1 Å². The Hall–Kier alpha value is -1.11. The second-order valence-electron chi connectivity index (χ2n) is 4.68. The molecular weight excluding hydrogens is 252 g/mol. The maximum Gasteiger partial charge on any atom is 0.240 e. The van der Waals surface area contributed by atoms with E-state index in [1.807, 2.05) is 13.8 Å². The third kappa shape index (κ3) is 3.69. The monoisotopic (exact) mass is 272 g/mol. The van der Waals surface area contributed by atoms with Crippen LogP contribution in [0.4, 0.5) is 5.69 Å². The predicted octanol–water partition coefficient (Wildman–Crippen LogP) is 0.872. The summed E-state index contributed by atoms with van der Waals surface area (Å²) < 4.78 is 26.3. The molecule has 0 bridgehead atoms. The van der Waals surface area contributed by atoms with Gasteiger partial charge < -0.3 is 10.8 Å². The molecule has 1 unspecified atom stereocenters. The van der Waals surface area contributed by atoms with E-state index in [4.69, 9.17) is 5.73 Å². The highest BCUT2D eigenvalue weighted by Gasteiger charge is 2.17. The van der Waals surface area contributed by atoms with Crippen LogP contribution in [0.1, 0.15) is 19.4 Å². The first-order chi connectivity index (χ1) is 8.24. The van der Waals surface area contributed by atoms with Crippen molar-refractivity contribution in [3.05, 3.63) is 23.8 Å². The maximum absolute atomic E-state index is 12.0. The lowest BCUT2D eigenvalue weighted by atomic mass is 10.1. The van der Waals surface area contributed by atoms with Crippen LogP contribution in [-0.4, -0.2) is 26.2 Å². The number of aliphatic hydroxyl groups excluding tert-OH is 1. The second-order valence-corrected chi connectivity index (χ2v) is 6.45. The molecule has 6 heteroatoms. The fourth-order valence-electron chi connectivity index (χ4n) is 1.33. The Bertz CT molecular complexity index is 512. The van der Waals surface area contributed by atoms with Gasteiger partial charge in [0.2, 0.25) is 10.0 Å². The molecule has 0 saturated carbocycles. The summed E-state index contributed by atoms with van der Waals surface area (Å²) in [5.41, 5.74) is 6.90. The average molecular weight is 272 g/mol. The van der Waals surface area contributed by atoms with Crippen molar-refractivity contribution in [2.75, 3.05) is 12.3 Å². The van der Waals surface area contributed by atoms with E-state index in [0.29, 0.717) is 11.3 Å². The number of nitrogens with two attached hydrogens (primary N) is 1. The van der Waals surface area contributed by atoms with Crippen molar-refractivity contribution < 1.29 is 13.5 Å². The summed E-state index contributed by atoms with van der Waals surface area (Å²) in [6, 6.07) is 4.52. The van der Waals surface area contributed by atoms with Crippen LogP contribution in [0.25, 0.3) is 0 Å². The van der Waals surface area contributed by atoms with Crippen LogP contribution in [0, 0.1) is 12.8 Å². The molecule has 0 aromatic heterocycles. The minimum Gasteiger partial charge on any atom is -0.399 e. The van der Waals surface area contributed by atoms with Gasteiger partial charge in [0.25, 0.3) is 0 Å². The largest absolute Gasteiger partial charge is 0.399 e. The summed E-state index contributed by atoms with van der Waals surface area (Å²) in [5, 5.41) is 9.59. The van der Waals surface area contributed by atoms with Crippen molar-refractivity contribution in [2.24, 2.45) is 5.92 Å². The lowest BCUT2D eigenvalue weighted by Crippen LogP contribution is -2.34. The van der Waals surface area contributed by atoms with Crippen LogP contribution in [0.5, 0.6) is 0 Å². The Balaban J connectivity index is 2.83. The fraction of sp³-hybridized carbons (Fsp3) is 0.500. The van der Waals surface area contributed by atoms with Crippen molar-refractivity contribution >= 4 is 15.7 Å². The van der Waals surface area contributed by atoms with Gasteiger partial charge in [0, 0.05) is 12.2 Å². The molecule has 1 aromatic rings. The van der Waals surface area contributed by atoms with Crippen molar-refractivity contribution in [1.29, 1.82) is 0 Å². The Labute approximate surface area is 108 Å². The Morgan fingerprint density at radius 2 is 2.00 bits per heavy atom. The molecule has 4 N–H and O–H groups in total. The molecule has 1 atom stereocenters. The average Bonchev–Trinajstić information content (AvgIpc) is 2.29. The Morgan fingerprint density at radius 1 is 1.39 bits per heavy atom. The molecule has 1 aromatic carbocycles. The van der Waals surface area contributed by atoms with Crippen LogP contribution in [0.2, 0.25) is 0 Å². The van der Waals surface area contributed by atoms with E-state index >= 15 is 0 Å². The fourth-order valence-corrected chi connectivity index (χ4v) is 2.47. The van der Waals surface area contributed by atoms with Gasteiger partial charge in [-0.3, -0.25) is 0 Å². The number of hydrogen-bond acceptors (Lipinski definition) is 4. The molecule has 0 spiro atoms. The minimum atomic E-state index is -3.59. The van der Waals surface area contributed by atoms with E-state index in [1.165, 1.54) is 12.1 Å². The number of sulfonamides is 1. The minimum absolute atomic E-state index is 0.000791. The van der Waals surface area contributed by atoms with Crippen molar-refractivity contribution in [3.8, 4) is 0 Å². The van der Waals surface area contributed by atoms with Gasteiger partial charge in [0.05, 0.1) is 11.0 Å². The lowest BCUT2D eigenvalue weighted by Gasteiger charge is -2.15. The molecule has 5 nitrogen and oxygen atoms in total. The molecule has 0 saturated heterocycles. The molecule has 0 aliphatic rings. The van der Waals surface area contributed by atoms with Crippen molar-refractivity contribution in [2.45, 2.75) is 31.8 Å². The van der Waals surface area contributed by atoms with E-state index in [1.54, 1.807) is 13.0 Å². The zero-order chi connectivity index (χ0) is 13.9. The summed E-state index contributed by atoms with van der Waals surface area (Å²) in [6.07, 6.45) is -0.699. The molecule has 0 aliphatic heterocycles. The number of aryl methyl sites for hydroxylation is 1. The van der Waals surface area contributed by atoms with E-state index < -0.39 is 16.1 Å². The Kier molecular flexibility index (Phi) is 4.72. The van der Waals surface area contributed by atoms with Crippen molar-refractivity contribution in [3.63, 3.8) is 0 Å². The van der Waals surface area contributed by atoms with E-state index in [9.17, 15) is 13.5 Å². The molecule has 18 heavy (non-hydrogen) atoms. The van der Waals surface area contributed by atoms with Gasteiger partial charge in [-0.15, -0.1) is 0 Å². The first kappa shape index (κ1) is 14.9. The number of anilines is 1. The lowest BCUT2D eigenvalue weighted by molar-refractivity contribution is 0.129. The number of aliphatic hydroxyl groups is 1. The van der Waals surface area contributed by atoms with Gasteiger partial charge in [0.15, 0.2) is 0 Å². The standard InChI is InChI=1S/C12H20N2O3S/c1-8(2)12(15)7-14-18(16,17)10-4-5-11(13)9(3)6-10/h4-6,8,12,14-15H,7,13H2,1-3H3. The summed E-state index contributed by atoms with van der Waals surface area (Å²) in [4.78, 5) is 0.158. The number of nitrogens with one attached hydrogen (secondary N) is 1. The molecule has 0 aliphatic carbocycles. The zero-order valence-corrected chi connectivity index (χ0v) is 11.7. The highest BCUT2D eigenvalue weighted by atomic mass is 32.2. The topological polar surface area (TPSA) is 92.4 Å². The second kappa shape index (κ2) is 5.69. The first-order valence-electron chi connectivity index (χ1n) is 5.78. The number of hydrogen-bond donors (Lipinski definition) is 3. The summed E-state index contributed by atoms with van der Waals surface area (Å²) >= 11 is 0. The maximum atomic E-state index is 12.0. The number of nitrogen functional groups attached to an aromatic ring is 1. The third-order valence-electron chi connectivity index (χ3n) is 2.80. The van der Waals surface area contributed by atoms with Gasteiger partial charge >= 0.3 is 0 Å². The first-order valence-corrected chi connectivity index (χ1v) is 7.26. The molecule has 102 valence electrons. The molecule has 0 amide bonds. The van der Waals surface area contributed by atoms with Gasteiger partial charge in [0.1, 0.15) is 0 Å². The third-order valence-corrected chi connectivity index (χ3v) is 4.22. The quantitative estimate of drug-likeness (QED) is 0.694. The molecule has 0 heterocycles. The van der Waals surface area contributed by atoms with Crippen molar-refractivity contribution in [1.82, 2.24) is 4.72 Å². The van der Waals surface area contributed by atoms with E-state index in [2.05, 4.69) is 4.72 Å². The SMILES string of the molecule is Cc1cc(S(=O)(=O)NCC(O)C(C)C)ccc1N. The van der Waals surface area contributed by atoms with Gasteiger partial charge in [-0.2, -0.15) is 0 Å². The van der Waals surface area contributed by atoms with Gasteiger partial charge in [-0.1, -0.05) is 13.8 Å². The van der Waals surface area contributed by atoms with Crippen LogP contribution < -0.4 is 10.5 Å². The van der Waals surface area contributed by atoms with Crippen LogP contribution >= 0.6 is 0 Å². The molecule has 0 fully saturated rings. The van der Waals surface area contributed by atoms with Crippen LogP contribution in [-0.2, 0) is 10.0 Å². The predicted molar refractivity (Wildman–Crippen MR) is 71.6 cm³/mol. The van der Waals surface area contributed by atoms with E-state index in [0.717, 1.165) is 0 Å². The molecule has 0 radical (unpaired) electrons. The Morgan fingerprint density at radius 3 is 2.50 bits per heavy atom. The van der Waals surface area contributed by atoms with Gasteiger partial charge in [-0.25, -0.2) is 13.1 Å². The summed E-state index contributed by atoms with van der Waals surface area (Å²) in [6.45, 7) is 5.40. The number of rotatable bonds is 5. The highest BCUT2D eigenvalue weighted by molar-refractivity contribution is 7.89. The molecule has 1 rings (SSSR count). The highest BCUT2D eigenvalue weighted by Crippen LogP contribution is 2.16. The smallest absolute Gasteiger partial charge is 0.240 e. The normalized spacial score (nSPS) is 13.8. The zero-order valence-electron chi connectivity index (χ0n) is 10.8. The number of benzene rings is 1. The van der Waals surface area contributed by atoms with Gasteiger partial charge in [-0.05, 0) is 36.6 Å². The molecular formula is C12H20N2O3S.